The molecule has 5 nitrogen and oxygen atoms in total. The molecule has 0 unspecified atom stereocenters. The van der Waals surface area contributed by atoms with Crippen molar-refractivity contribution in [2.45, 2.75) is 6.42 Å². The highest BCUT2D eigenvalue weighted by Gasteiger charge is 2.27. The van der Waals surface area contributed by atoms with E-state index < -0.39 is 0 Å². The first-order chi connectivity index (χ1) is 30.3. The first-order valence-electron chi connectivity index (χ1n) is 20.8. The molecule has 0 bridgehead atoms. The zero-order chi connectivity index (χ0) is 40.0. The van der Waals surface area contributed by atoms with E-state index in [1.165, 1.54) is 71.3 Å². The van der Waals surface area contributed by atoms with Crippen LogP contribution in [0.2, 0.25) is 0 Å². The monoisotopic (exact) mass is 777 g/mol. The van der Waals surface area contributed by atoms with Gasteiger partial charge < -0.3 is 9.13 Å². The molecule has 0 fully saturated rings. The van der Waals surface area contributed by atoms with E-state index in [9.17, 15) is 0 Å². The molecule has 61 heavy (non-hydrogen) atoms. The minimum absolute atomic E-state index is 0.661. The van der Waals surface area contributed by atoms with Gasteiger partial charge in [-0.15, -0.1) is 0 Å². The summed E-state index contributed by atoms with van der Waals surface area (Å²) in [5, 5.41) is 7.28. The highest BCUT2D eigenvalue weighted by atomic mass is 15.1. The molecule has 3 heterocycles. The van der Waals surface area contributed by atoms with Gasteiger partial charge in [-0.05, 0) is 81.9 Å². The second-order valence-corrected chi connectivity index (χ2v) is 16.0. The van der Waals surface area contributed by atoms with Gasteiger partial charge in [-0.25, -0.2) is 15.0 Å². The summed E-state index contributed by atoms with van der Waals surface area (Å²) in [7, 11) is 0. The Morgan fingerprint density at radius 1 is 0.328 bits per heavy atom. The smallest absolute Gasteiger partial charge is 0.164 e. The first kappa shape index (κ1) is 33.8. The normalized spacial score (nSPS) is 12.2. The van der Waals surface area contributed by atoms with Crippen molar-refractivity contribution < 1.29 is 0 Å². The molecule has 0 N–H and O–H groups in total. The van der Waals surface area contributed by atoms with Crippen LogP contribution in [0.3, 0.4) is 0 Å². The Kier molecular flexibility index (Phi) is 7.30. The standard InChI is InChI=1S/C56H35N5/c1-4-16-35(17-5-1)54-57-55(36-18-6-2-7-19-36)59-56(58-54)48-33-38-32-37-28-29-40(34-47(37)51(38)44-25-11-10-22-41(44)48)61-50-27-15-13-24-43(50)46-31-30-45-42-23-12-14-26-49(42)60(52(45)53(46)61)39-20-8-3-9-21-39/h1-31,33-34H,32H2. The maximum atomic E-state index is 5.17. The summed E-state index contributed by atoms with van der Waals surface area (Å²) in [6.07, 6.45) is 0.824. The van der Waals surface area contributed by atoms with Gasteiger partial charge >= 0.3 is 0 Å². The maximum Gasteiger partial charge on any atom is 0.164 e. The predicted octanol–water partition coefficient (Wildman–Crippen LogP) is 13.8. The van der Waals surface area contributed by atoms with Crippen molar-refractivity contribution in [1.82, 2.24) is 24.1 Å². The van der Waals surface area contributed by atoms with E-state index in [2.05, 4.69) is 173 Å². The van der Waals surface area contributed by atoms with E-state index in [0.29, 0.717) is 17.5 Å². The lowest BCUT2D eigenvalue weighted by atomic mass is 9.93. The lowest BCUT2D eigenvalue weighted by Gasteiger charge is -2.15. The fourth-order valence-electron chi connectivity index (χ4n) is 9.91. The van der Waals surface area contributed by atoms with E-state index in [1.807, 2.05) is 36.4 Å². The number of fused-ring (bicyclic) bond motifs is 12. The molecule has 1 aliphatic rings. The Hall–Kier alpha value is -8.15. The SMILES string of the molecule is c1ccc(-c2nc(-c3ccccc3)nc(-c3cc4c(c5ccccc35)-c3cc(-n5c6ccccc6c6ccc7c8ccccc8n(-c8ccccc8)c7c65)ccc3C4)n2)cc1. The number of benzene rings is 9. The molecule has 284 valence electrons. The number of aromatic nitrogens is 5. The van der Waals surface area contributed by atoms with Crippen LogP contribution in [-0.2, 0) is 6.42 Å². The summed E-state index contributed by atoms with van der Waals surface area (Å²) in [5.41, 5.74) is 15.1. The van der Waals surface area contributed by atoms with E-state index in [0.717, 1.165) is 39.9 Å². The van der Waals surface area contributed by atoms with Crippen LogP contribution in [0, 0.1) is 0 Å². The van der Waals surface area contributed by atoms with Crippen molar-refractivity contribution in [2.24, 2.45) is 0 Å². The van der Waals surface area contributed by atoms with Crippen molar-refractivity contribution in [2.75, 3.05) is 0 Å². The Bertz CT molecular complexity index is 3660. The third-order valence-corrected chi connectivity index (χ3v) is 12.6. The van der Waals surface area contributed by atoms with Crippen LogP contribution in [0.15, 0.2) is 200 Å². The van der Waals surface area contributed by atoms with Gasteiger partial charge in [0.25, 0.3) is 0 Å². The molecule has 0 atom stereocenters. The Labute approximate surface area is 351 Å². The number of rotatable bonds is 5. The van der Waals surface area contributed by atoms with E-state index in [4.69, 9.17) is 15.0 Å². The summed E-state index contributed by atoms with van der Waals surface area (Å²) in [5.74, 6) is 1.99. The predicted molar refractivity (Wildman–Crippen MR) is 251 cm³/mol. The van der Waals surface area contributed by atoms with Gasteiger partial charge in [-0.2, -0.15) is 0 Å². The average Bonchev–Trinajstić information content (AvgIpc) is 3.99. The first-order valence-corrected chi connectivity index (χ1v) is 20.8. The molecule has 3 aromatic heterocycles. The minimum Gasteiger partial charge on any atom is -0.307 e. The average molecular weight is 778 g/mol. The Morgan fingerprint density at radius 3 is 1.43 bits per heavy atom. The lowest BCUT2D eigenvalue weighted by molar-refractivity contribution is 1.07. The molecule has 0 spiro atoms. The van der Waals surface area contributed by atoms with E-state index >= 15 is 0 Å². The highest BCUT2D eigenvalue weighted by molar-refractivity contribution is 6.24. The zero-order valence-corrected chi connectivity index (χ0v) is 33.0. The topological polar surface area (TPSA) is 48.5 Å². The third-order valence-electron chi connectivity index (χ3n) is 12.6. The van der Waals surface area contributed by atoms with Crippen LogP contribution in [0.1, 0.15) is 11.1 Å². The second-order valence-electron chi connectivity index (χ2n) is 16.0. The van der Waals surface area contributed by atoms with Gasteiger partial charge in [0.15, 0.2) is 17.5 Å². The quantitative estimate of drug-likeness (QED) is 0.175. The molecule has 0 saturated heterocycles. The summed E-state index contributed by atoms with van der Waals surface area (Å²) < 4.78 is 4.95. The van der Waals surface area contributed by atoms with Crippen molar-refractivity contribution >= 4 is 54.4 Å². The lowest BCUT2D eigenvalue weighted by Crippen LogP contribution is -2.01. The molecule has 12 aromatic rings. The van der Waals surface area contributed by atoms with Crippen LogP contribution >= 0.6 is 0 Å². The molecule has 0 aliphatic heterocycles. The zero-order valence-electron chi connectivity index (χ0n) is 33.0. The van der Waals surface area contributed by atoms with E-state index in [1.54, 1.807) is 0 Å². The highest BCUT2D eigenvalue weighted by Crippen LogP contribution is 2.47. The second kappa shape index (κ2) is 13.2. The molecule has 5 heteroatoms. The molecular formula is C56H35N5. The maximum absolute atomic E-state index is 5.17. The Morgan fingerprint density at radius 2 is 0.820 bits per heavy atom. The molecule has 0 saturated carbocycles. The molecule has 0 amide bonds. The fourth-order valence-corrected chi connectivity index (χ4v) is 9.91. The number of hydrogen-bond acceptors (Lipinski definition) is 3. The number of para-hydroxylation sites is 3. The van der Waals surface area contributed by atoms with Gasteiger partial charge in [0.2, 0.25) is 0 Å². The van der Waals surface area contributed by atoms with Gasteiger partial charge in [0, 0.05) is 49.6 Å². The third kappa shape index (κ3) is 5.11. The van der Waals surface area contributed by atoms with Crippen molar-refractivity contribution in [3.8, 4) is 56.7 Å². The summed E-state index contributed by atoms with van der Waals surface area (Å²) in [6.45, 7) is 0. The van der Waals surface area contributed by atoms with Gasteiger partial charge in [-0.1, -0.05) is 158 Å². The minimum atomic E-state index is 0.661. The van der Waals surface area contributed by atoms with E-state index in [-0.39, 0.29) is 0 Å². The largest absolute Gasteiger partial charge is 0.307 e. The summed E-state index contributed by atoms with van der Waals surface area (Å²) >= 11 is 0. The molecular weight excluding hydrogens is 743 g/mol. The van der Waals surface area contributed by atoms with Gasteiger partial charge in [0.1, 0.15) is 0 Å². The van der Waals surface area contributed by atoms with Crippen LogP contribution < -0.4 is 0 Å². The molecule has 1 aliphatic carbocycles. The molecule has 13 rings (SSSR count). The van der Waals surface area contributed by atoms with Crippen LogP contribution in [0.25, 0.3) is 111 Å². The fraction of sp³-hybridized carbons (Fsp3) is 0.0179. The van der Waals surface area contributed by atoms with Gasteiger partial charge in [0.05, 0.1) is 22.1 Å². The molecule has 0 radical (unpaired) electrons. The van der Waals surface area contributed by atoms with Crippen LogP contribution in [-0.4, -0.2) is 24.1 Å². The van der Waals surface area contributed by atoms with Crippen molar-refractivity contribution in [3.05, 3.63) is 211 Å². The van der Waals surface area contributed by atoms with Crippen LogP contribution in [0.4, 0.5) is 0 Å². The van der Waals surface area contributed by atoms with Crippen molar-refractivity contribution in [1.29, 1.82) is 0 Å². The summed E-state index contributed by atoms with van der Waals surface area (Å²) in [4.78, 5) is 15.3. The van der Waals surface area contributed by atoms with Gasteiger partial charge in [-0.3, -0.25) is 0 Å². The molecule has 9 aromatic carbocycles. The Balaban J connectivity index is 1.05. The van der Waals surface area contributed by atoms with Crippen molar-refractivity contribution in [3.63, 3.8) is 0 Å². The summed E-state index contributed by atoms with van der Waals surface area (Å²) in [6, 6.07) is 71.6. The number of hydrogen-bond donors (Lipinski definition) is 0. The number of nitrogens with zero attached hydrogens (tertiary/aromatic N) is 5. The van der Waals surface area contributed by atoms with Crippen LogP contribution in [0.5, 0.6) is 0 Å².